The largest absolute Gasteiger partial charge is 0.496 e. The van der Waals surface area contributed by atoms with Crippen LogP contribution in [0.1, 0.15) is 16.7 Å². The molecule has 3 rings (SSSR count). The smallest absolute Gasteiger partial charge is 0.223 e. The Bertz CT molecular complexity index is 774. The topological polar surface area (TPSA) is 64.5 Å². The van der Waals surface area contributed by atoms with Crippen LogP contribution in [-0.2, 0) is 5.60 Å². The first-order chi connectivity index (χ1) is 11.7. The van der Waals surface area contributed by atoms with Crippen molar-refractivity contribution >= 4 is 0 Å². The van der Waals surface area contributed by atoms with E-state index in [0.717, 1.165) is 0 Å². The minimum absolute atomic E-state index is 0.308. The molecule has 0 saturated carbocycles. The van der Waals surface area contributed by atoms with Gasteiger partial charge in [0.1, 0.15) is 12.1 Å². The molecule has 0 unspecified atom stereocenters. The third-order valence-corrected chi connectivity index (χ3v) is 3.95. The van der Waals surface area contributed by atoms with Crippen molar-refractivity contribution in [1.29, 1.82) is 0 Å². The average molecular weight is 322 g/mol. The first-order valence-corrected chi connectivity index (χ1v) is 7.47. The second-order valence-corrected chi connectivity index (χ2v) is 5.22. The van der Waals surface area contributed by atoms with E-state index in [1.54, 1.807) is 19.4 Å². The van der Waals surface area contributed by atoms with Gasteiger partial charge in [0.2, 0.25) is 5.88 Å². The molecule has 0 saturated heterocycles. The van der Waals surface area contributed by atoms with Crippen molar-refractivity contribution in [2.75, 3.05) is 14.2 Å². The van der Waals surface area contributed by atoms with Crippen LogP contribution in [0.25, 0.3) is 0 Å². The summed E-state index contributed by atoms with van der Waals surface area (Å²) >= 11 is 0. The molecule has 0 radical (unpaired) electrons. The number of nitrogens with zero attached hydrogens (tertiary/aromatic N) is 2. The Morgan fingerprint density at radius 2 is 1.58 bits per heavy atom. The number of benzene rings is 2. The van der Waals surface area contributed by atoms with Gasteiger partial charge >= 0.3 is 0 Å². The molecule has 0 aliphatic rings. The van der Waals surface area contributed by atoms with Gasteiger partial charge in [-0.05, 0) is 11.6 Å². The van der Waals surface area contributed by atoms with Crippen molar-refractivity contribution in [3.05, 3.63) is 83.8 Å². The van der Waals surface area contributed by atoms with E-state index in [1.165, 1.54) is 13.4 Å². The fourth-order valence-corrected chi connectivity index (χ4v) is 2.81. The van der Waals surface area contributed by atoms with Gasteiger partial charge in [0.05, 0.1) is 19.8 Å². The van der Waals surface area contributed by atoms with E-state index in [4.69, 9.17) is 9.47 Å². The molecular formula is C19H18N2O3. The van der Waals surface area contributed by atoms with Crippen LogP contribution in [0.15, 0.2) is 67.1 Å². The molecule has 0 spiro atoms. The maximum absolute atomic E-state index is 11.8. The molecule has 5 nitrogen and oxygen atoms in total. The number of aliphatic hydroxyl groups is 1. The normalized spacial score (nSPS) is 13.1. The summed E-state index contributed by atoms with van der Waals surface area (Å²) in [6.45, 7) is 0. The minimum Gasteiger partial charge on any atom is -0.496 e. The van der Waals surface area contributed by atoms with E-state index in [0.29, 0.717) is 28.3 Å². The van der Waals surface area contributed by atoms with Gasteiger partial charge in [-0.15, -0.1) is 0 Å². The number of para-hydroxylation sites is 1. The first kappa shape index (κ1) is 16.0. The summed E-state index contributed by atoms with van der Waals surface area (Å²) in [6, 6.07) is 16.6. The fraction of sp³-hybridized carbons (Fsp3) is 0.158. The highest BCUT2D eigenvalue weighted by Crippen LogP contribution is 2.43. The third-order valence-electron chi connectivity index (χ3n) is 3.95. The lowest BCUT2D eigenvalue weighted by molar-refractivity contribution is 0.117. The average Bonchev–Trinajstić information content (AvgIpc) is 2.68. The number of hydrogen-bond donors (Lipinski definition) is 1. The second kappa shape index (κ2) is 6.68. The van der Waals surface area contributed by atoms with Crippen LogP contribution in [0.2, 0.25) is 0 Å². The molecule has 122 valence electrons. The quantitative estimate of drug-likeness (QED) is 0.782. The monoisotopic (exact) mass is 322 g/mol. The highest BCUT2D eigenvalue weighted by Gasteiger charge is 2.39. The summed E-state index contributed by atoms with van der Waals surface area (Å²) in [4.78, 5) is 8.21. The Kier molecular flexibility index (Phi) is 4.44. The highest BCUT2D eigenvalue weighted by molar-refractivity contribution is 5.54. The molecule has 0 fully saturated rings. The van der Waals surface area contributed by atoms with Crippen molar-refractivity contribution in [2.45, 2.75) is 5.60 Å². The fourth-order valence-electron chi connectivity index (χ4n) is 2.81. The Morgan fingerprint density at radius 3 is 2.29 bits per heavy atom. The molecule has 1 aromatic heterocycles. The second-order valence-electron chi connectivity index (χ2n) is 5.22. The SMILES string of the molecule is COc1ccccc1[C@@](O)(c1ccccc1)c1cncnc1OC. The molecule has 5 heteroatoms. The first-order valence-electron chi connectivity index (χ1n) is 7.47. The van der Waals surface area contributed by atoms with Crippen LogP contribution in [0, 0.1) is 0 Å². The van der Waals surface area contributed by atoms with Crippen molar-refractivity contribution in [3.63, 3.8) is 0 Å². The zero-order valence-electron chi connectivity index (χ0n) is 13.5. The maximum atomic E-state index is 11.8. The predicted molar refractivity (Wildman–Crippen MR) is 90.1 cm³/mol. The van der Waals surface area contributed by atoms with Crippen LogP contribution in [0.4, 0.5) is 0 Å². The molecule has 3 aromatic rings. The van der Waals surface area contributed by atoms with Crippen LogP contribution >= 0.6 is 0 Å². The van der Waals surface area contributed by atoms with Crippen LogP contribution in [0.5, 0.6) is 11.6 Å². The summed E-state index contributed by atoms with van der Waals surface area (Å²) in [7, 11) is 3.09. The van der Waals surface area contributed by atoms with E-state index in [-0.39, 0.29) is 0 Å². The zero-order chi connectivity index (χ0) is 17.0. The van der Waals surface area contributed by atoms with Crippen molar-refractivity contribution < 1.29 is 14.6 Å². The van der Waals surface area contributed by atoms with Crippen LogP contribution in [0.3, 0.4) is 0 Å². The van der Waals surface area contributed by atoms with Crippen molar-refractivity contribution in [2.24, 2.45) is 0 Å². The molecule has 0 aliphatic heterocycles. The van der Waals surface area contributed by atoms with Crippen molar-refractivity contribution in [1.82, 2.24) is 9.97 Å². The van der Waals surface area contributed by atoms with Crippen LogP contribution < -0.4 is 9.47 Å². The summed E-state index contributed by atoms with van der Waals surface area (Å²) in [5, 5.41) is 11.8. The van der Waals surface area contributed by atoms with Crippen LogP contribution in [-0.4, -0.2) is 29.3 Å². The Hall–Kier alpha value is -2.92. The third kappa shape index (κ3) is 2.59. The number of aromatic nitrogens is 2. The molecule has 24 heavy (non-hydrogen) atoms. The van der Waals surface area contributed by atoms with E-state index in [1.807, 2.05) is 48.5 Å². The summed E-state index contributed by atoms with van der Waals surface area (Å²) in [5.41, 5.74) is 0.193. The summed E-state index contributed by atoms with van der Waals surface area (Å²) < 4.78 is 10.8. The summed E-state index contributed by atoms with van der Waals surface area (Å²) in [6.07, 6.45) is 2.95. The molecular weight excluding hydrogens is 304 g/mol. The van der Waals surface area contributed by atoms with Gasteiger partial charge in [-0.25, -0.2) is 9.97 Å². The number of ether oxygens (including phenoxy) is 2. The van der Waals surface area contributed by atoms with Gasteiger partial charge in [0.15, 0.2) is 5.60 Å². The highest BCUT2D eigenvalue weighted by atomic mass is 16.5. The predicted octanol–water partition coefficient (Wildman–Crippen LogP) is 2.78. The number of rotatable bonds is 5. The standard InChI is InChI=1S/C19H18N2O3/c1-23-17-11-7-6-10-15(17)19(22,14-8-4-3-5-9-14)16-12-20-13-21-18(16)24-2/h3-13,22H,1-2H3/t19-/m0/s1. The lowest BCUT2D eigenvalue weighted by Gasteiger charge is -2.31. The van der Waals surface area contributed by atoms with Gasteiger partial charge in [0.25, 0.3) is 0 Å². The molecule has 0 bridgehead atoms. The van der Waals surface area contributed by atoms with Gasteiger partial charge in [-0.1, -0.05) is 48.5 Å². The van der Waals surface area contributed by atoms with Crippen molar-refractivity contribution in [3.8, 4) is 11.6 Å². The number of methoxy groups -OCH3 is 2. The lowest BCUT2D eigenvalue weighted by Crippen LogP contribution is -2.30. The van der Waals surface area contributed by atoms with Gasteiger partial charge < -0.3 is 14.6 Å². The van der Waals surface area contributed by atoms with E-state index < -0.39 is 5.60 Å². The molecule has 1 heterocycles. The molecule has 0 amide bonds. The van der Waals surface area contributed by atoms with E-state index in [9.17, 15) is 5.11 Å². The molecule has 1 atom stereocenters. The van der Waals surface area contributed by atoms with E-state index in [2.05, 4.69) is 9.97 Å². The van der Waals surface area contributed by atoms with Gasteiger partial charge in [-0.2, -0.15) is 0 Å². The summed E-state index contributed by atoms with van der Waals surface area (Å²) in [5.74, 6) is 0.872. The Labute approximate surface area is 140 Å². The lowest BCUT2D eigenvalue weighted by atomic mass is 9.81. The number of hydrogen-bond acceptors (Lipinski definition) is 5. The zero-order valence-corrected chi connectivity index (χ0v) is 13.5. The molecule has 2 aromatic carbocycles. The minimum atomic E-state index is -1.51. The molecule has 0 aliphatic carbocycles. The van der Waals surface area contributed by atoms with Gasteiger partial charge in [-0.3, -0.25) is 0 Å². The maximum Gasteiger partial charge on any atom is 0.223 e. The van der Waals surface area contributed by atoms with Gasteiger partial charge in [0, 0.05) is 11.8 Å². The molecule has 1 N–H and O–H groups in total. The Morgan fingerprint density at radius 1 is 0.875 bits per heavy atom. The Balaban J connectivity index is 2.34. The van der Waals surface area contributed by atoms with E-state index >= 15 is 0 Å².